The van der Waals surface area contributed by atoms with Crippen molar-refractivity contribution in [2.45, 2.75) is 32.2 Å². The van der Waals surface area contributed by atoms with Gasteiger partial charge in [-0.05, 0) is 41.8 Å². The van der Waals surface area contributed by atoms with Crippen LogP contribution in [0.5, 0.6) is 5.75 Å². The Bertz CT molecular complexity index is 694. The number of rotatable bonds is 2. The van der Waals surface area contributed by atoms with E-state index in [1.165, 1.54) is 11.1 Å². The molecule has 21 heavy (non-hydrogen) atoms. The van der Waals surface area contributed by atoms with Crippen molar-refractivity contribution in [3.05, 3.63) is 63.1 Å². The van der Waals surface area contributed by atoms with Crippen LogP contribution in [0.4, 0.5) is 0 Å². The van der Waals surface area contributed by atoms with E-state index in [2.05, 4.69) is 54.9 Å². The molecule has 0 saturated carbocycles. The predicted octanol–water partition coefficient (Wildman–Crippen LogP) is 4.48. The summed E-state index contributed by atoms with van der Waals surface area (Å²) in [4.78, 5) is 0. The Morgan fingerprint density at radius 2 is 2.00 bits per heavy atom. The number of benzene rings is 2. The van der Waals surface area contributed by atoms with E-state index in [1.54, 1.807) is 0 Å². The second-order valence-electron chi connectivity index (χ2n) is 6.36. The highest BCUT2D eigenvalue weighted by molar-refractivity contribution is 9.10. The molecule has 0 amide bonds. The van der Waals surface area contributed by atoms with E-state index in [4.69, 9.17) is 10.5 Å². The Morgan fingerprint density at radius 3 is 2.76 bits per heavy atom. The molecule has 3 rings (SSSR count). The van der Waals surface area contributed by atoms with Crippen molar-refractivity contribution in [1.29, 1.82) is 0 Å². The first-order valence-electron chi connectivity index (χ1n) is 7.18. The van der Waals surface area contributed by atoms with Gasteiger partial charge in [0.25, 0.3) is 0 Å². The van der Waals surface area contributed by atoms with Crippen molar-refractivity contribution in [3.8, 4) is 5.75 Å². The van der Waals surface area contributed by atoms with E-state index in [9.17, 15) is 0 Å². The van der Waals surface area contributed by atoms with Crippen molar-refractivity contribution < 1.29 is 4.74 Å². The first kappa shape index (κ1) is 14.6. The SMILES string of the molecule is Cc1c(Br)cccc1C(N)c1ccc2c(c1)C(C)(C)CO2. The van der Waals surface area contributed by atoms with Crippen LogP contribution in [-0.2, 0) is 5.41 Å². The molecule has 1 unspecified atom stereocenters. The molecular weight excluding hydrogens is 326 g/mol. The van der Waals surface area contributed by atoms with Crippen LogP contribution < -0.4 is 10.5 Å². The lowest BCUT2D eigenvalue weighted by Gasteiger charge is -2.20. The van der Waals surface area contributed by atoms with E-state index >= 15 is 0 Å². The fraction of sp³-hybridized carbons (Fsp3) is 0.333. The molecule has 110 valence electrons. The number of halogens is 1. The first-order valence-corrected chi connectivity index (χ1v) is 7.97. The Labute approximate surface area is 134 Å². The van der Waals surface area contributed by atoms with E-state index in [0.717, 1.165) is 28.0 Å². The van der Waals surface area contributed by atoms with Gasteiger partial charge in [-0.25, -0.2) is 0 Å². The van der Waals surface area contributed by atoms with Gasteiger partial charge >= 0.3 is 0 Å². The van der Waals surface area contributed by atoms with Crippen molar-refractivity contribution in [1.82, 2.24) is 0 Å². The maximum absolute atomic E-state index is 6.51. The molecule has 2 N–H and O–H groups in total. The summed E-state index contributed by atoms with van der Waals surface area (Å²) in [7, 11) is 0. The molecule has 0 aromatic heterocycles. The monoisotopic (exact) mass is 345 g/mol. The van der Waals surface area contributed by atoms with E-state index in [-0.39, 0.29) is 11.5 Å². The zero-order valence-corrected chi connectivity index (χ0v) is 14.2. The molecule has 0 saturated heterocycles. The van der Waals surface area contributed by atoms with Gasteiger partial charge in [0, 0.05) is 15.5 Å². The zero-order chi connectivity index (χ0) is 15.2. The third-order valence-electron chi connectivity index (χ3n) is 4.33. The van der Waals surface area contributed by atoms with Crippen molar-refractivity contribution in [3.63, 3.8) is 0 Å². The summed E-state index contributed by atoms with van der Waals surface area (Å²) >= 11 is 3.58. The van der Waals surface area contributed by atoms with Gasteiger partial charge in [0.05, 0.1) is 12.6 Å². The number of fused-ring (bicyclic) bond motifs is 1. The van der Waals surface area contributed by atoms with Crippen LogP contribution in [0.3, 0.4) is 0 Å². The summed E-state index contributed by atoms with van der Waals surface area (Å²) in [5.41, 5.74) is 11.3. The maximum atomic E-state index is 6.51. The van der Waals surface area contributed by atoms with Gasteiger partial charge in [-0.2, -0.15) is 0 Å². The van der Waals surface area contributed by atoms with Gasteiger partial charge in [-0.15, -0.1) is 0 Å². The number of hydrogen-bond acceptors (Lipinski definition) is 2. The minimum atomic E-state index is -0.121. The molecule has 1 heterocycles. The Hall–Kier alpha value is -1.32. The molecule has 1 aliphatic rings. The van der Waals surface area contributed by atoms with Gasteiger partial charge in [-0.3, -0.25) is 0 Å². The molecule has 0 fully saturated rings. The lowest BCUT2D eigenvalue weighted by molar-refractivity contribution is 0.291. The lowest BCUT2D eigenvalue weighted by Crippen LogP contribution is -2.19. The summed E-state index contributed by atoms with van der Waals surface area (Å²) in [6, 6.07) is 12.4. The number of hydrogen-bond donors (Lipinski definition) is 1. The quantitative estimate of drug-likeness (QED) is 0.870. The zero-order valence-electron chi connectivity index (χ0n) is 12.6. The minimum absolute atomic E-state index is 0.0530. The van der Waals surface area contributed by atoms with Crippen LogP contribution in [0.25, 0.3) is 0 Å². The van der Waals surface area contributed by atoms with Crippen LogP contribution in [0.1, 0.15) is 42.1 Å². The standard InChI is InChI=1S/C18H20BrNO/c1-11-13(5-4-6-15(11)19)17(20)12-7-8-16-14(9-12)18(2,3)10-21-16/h4-9,17H,10,20H2,1-3H3. The van der Waals surface area contributed by atoms with Crippen LogP contribution >= 0.6 is 15.9 Å². The molecule has 1 atom stereocenters. The van der Waals surface area contributed by atoms with E-state index < -0.39 is 0 Å². The smallest absolute Gasteiger partial charge is 0.123 e. The summed E-state index contributed by atoms with van der Waals surface area (Å²) in [6.45, 7) is 7.24. The van der Waals surface area contributed by atoms with Gasteiger partial charge in [0.2, 0.25) is 0 Å². The topological polar surface area (TPSA) is 35.2 Å². The highest BCUT2D eigenvalue weighted by Gasteiger charge is 2.32. The molecular formula is C18H20BrNO. The van der Waals surface area contributed by atoms with Crippen molar-refractivity contribution >= 4 is 15.9 Å². The van der Waals surface area contributed by atoms with Gasteiger partial charge in [0.15, 0.2) is 0 Å². The largest absolute Gasteiger partial charge is 0.492 e. The summed E-state index contributed by atoms with van der Waals surface area (Å²) in [6.07, 6.45) is 0. The second kappa shape index (κ2) is 5.15. The summed E-state index contributed by atoms with van der Waals surface area (Å²) < 4.78 is 6.85. The molecule has 0 bridgehead atoms. The third-order valence-corrected chi connectivity index (χ3v) is 5.18. The predicted molar refractivity (Wildman–Crippen MR) is 89.9 cm³/mol. The molecule has 2 aromatic rings. The average molecular weight is 346 g/mol. The second-order valence-corrected chi connectivity index (χ2v) is 7.21. The van der Waals surface area contributed by atoms with Gasteiger partial charge in [-0.1, -0.05) is 48.0 Å². The third kappa shape index (κ3) is 2.49. The molecule has 0 radical (unpaired) electrons. The van der Waals surface area contributed by atoms with Crippen LogP contribution in [0, 0.1) is 6.92 Å². The van der Waals surface area contributed by atoms with Gasteiger partial charge in [0.1, 0.15) is 5.75 Å². The first-order chi connectivity index (χ1) is 9.90. The Balaban J connectivity index is 2.03. The van der Waals surface area contributed by atoms with E-state index in [1.807, 2.05) is 18.2 Å². The fourth-order valence-electron chi connectivity index (χ4n) is 2.87. The molecule has 2 aromatic carbocycles. The van der Waals surface area contributed by atoms with Crippen LogP contribution in [0.2, 0.25) is 0 Å². The summed E-state index contributed by atoms with van der Waals surface area (Å²) in [5.74, 6) is 0.988. The highest BCUT2D eigenvalue weighted by Crippen LogP contribution is 2.40. The molecule has 0 aliphatic carbocycles. The lowest BCUT2D eigenvalue weighted by atomic mass is 9.84. The molecule has 2 nitrogen and oxygen atoms in total. The minimum Gasteiger partial charge on any atom is -0.492 e. The molecule has 1 aliphatic heterocycles. The fourth-order valence-corrected chi connectivity index (χ4v) is 3.25. The van der Waals surface area contributed by atoms with Crippen molar-refractivity contribution in [2.24, 2.45) is 5.73 Å². The van der Waals surface area contributed by atoms with E-state index in [0.29, 0.717) is 0 Å². The van der Waals surface area contributed by atoms with Crippen LogP contribution in [0.15, 0.2) is 40.9 Å². The Kier molecular flexibility index (Phi) is 3.58. The highest BCUT2D eigenvalue weighted by atomic mass is 79.9. The maximum Gasteiger partial charge on any atom is 0.123 e. The van der Waals surface area contributed by atoms with Gasteiger partial charge < -0.3 is 10.5 Å². The molecule has 3 heteroatoms. The van der Waals surface area contributed by atoms with Crippen molar-refractivity contribution in [2.75, 3.05) is 6.61 Å². The summed E-state index contributed by atoms with van der Waals surface area (Å²) in [5, 5.41) is 0. The number of nitrogens with two attached hydrogens (primary N) is 1. The average Bonchev–Trinajstić information content (AvgIpc) is 2.76. The normalized spacial score (nSPS) is 17.2. The molecule has 0 spiro atoms. The van der Waals surface area contributed by atoms with Crippen LogP contribution in [-0.4, -0.2) is 6.61 Å². The number of ether oxygens (including phenoxy) is 1. The Morgan fingerprint density at radius 1 is 1.24 bits per heavy atom.